The Morgan fingerprint density at radius 3 is 2.64 bits per heavy atom. The summed E-state index contributed by atoms with van der Waals surface area (Å²) < 4.78 is 10.9. The van der Waals surface area contributed by atoms with Crippen molar-refractivity contribution >= 4 is 24.8 Å². The van der Waals surface area contributed by atoms with Crippen molar-refractivity contribution in [2.75, 3.05) is 0 Å². The molecular weight excluding hydrogens is 221 g/mol. The van der Waals surface area contributed by atoms with Gasteiger partial charge < -0.3 is 0 Å². The van der Waals surface area contributed by atoms with Crippen LogP contribution in [0.3, 0.4) is 0 Å². The van der Waals surface area contributed by atoms with Gasteiger partial charge in [-0.15, -0.1) is 11.3 Å². The molecule has 1 heterocycles. The molecule has 0 unspecified atom stereocenters. The maximum absolute atomic E-state index is 11.4. The summed E-state index contributed by atoms with van der Waals surface area (Å²) in [6.45, 7) is 1.99. The summed E-state index contributed by atoms with van der Waals surface area (Å²) in [6.07, 6.45) is 0.862. The third-order valence-corrected chi connectivity index (χ3v) is 3.29. The Balaban J connectivity index is 2.75. The van der Waals surface area contributed by atoms with Crippen molar-refractivity contribution in [3.63, 3.8) is 0 Å². The van der Waals surface area contributed by atoms with E-state index in [-0.39, 0.29) is 0 Å². The van der Waals surface area contributed by atoms with Gasteiger partial charge in [-0.05, 0) is 18.6 Å². The molecule has 1 aromatic heterocycles. The first-order chi connectivity index (χ1) is 6.42. The lowest BCUT2D eigenvalue weighted by Crippen LogP contribution is -2.27. The number of nitrogens with one attached hydrogen (secondary N) is 1. The van der Waals surface area contributed by atoms with Gasteiger partial charge in [-0.2, -0.15) is 0 Å². The molecule has 0 radical (unpaired) electrons. The van der Waals surface area contributed by atoms with Crippen LogP contribution >= 0.6 is 18.9 Å². The van der Waals surface area contributed by atoms with Crippen LogP contribution in [0.25, 0.3) is 0 Å². The van der Waals surface area contributed by atoms with E-state index in [0.29, 0.717) is 4.88 Å². The third kappa shape index (κ3) is 3.23. The molecule has 7 heteroatoms. The van der Waals surface area contributed by atoms with E-state index in [1.54, 1.807) is 6.07 Å². The quantitative estimate of drug-likeness (QED) is 0.680. The summed E-state index contributed by atoms with van der Waals surface area (Å²) in [5.41, 5.74) is 10.0. The van der Waals surface area contributed by atoms with E-state index in [4.69, 9.17) is 11.0 Å². The van der Waals surface area contributed by atoms with Gasteiger partial charge in [-0.3, -0.25) is 25.5 Å². The normalized spacial score (nSPS) is 11.4. The van der Waals surface area contributed by atoms with Crippen LogP contribution in [0.15, 0.2) is 12.1 Å². The van der Waals surface area contributed by atoms with Gasteiger partial charge in [-0.1, -0.05) is 6.92 Å². The van der Waals surface area contributed by atoms with Gasteiger partial charge in [0.05, 0.1) is 4.88 Å². The highest BCUT2D eigenvalue weighted by Gasteiger charge is 2.15. The minimum Gasteiger partial charge on any atom is -0.279 e. The summed E-state index contributed by atoms with van der Waals surface area (Å²) in [7, 11) is -3.48. The molecule has 78 valence electrons. The minimum atomic E-state index is -3.48. The molecule has 0 aliphatic rings. The van der Waals surface area contributed by atoms with E-state index in [2.05, 4.69) is 5.09 Å². The van der Waals surface area contributed by atoms with E-state index in [9.17, 15) is 9.36 Å². The largest absolute Gasteiger partial charge is 0.300 e. The number of carbonyl (C=O) groups excluding carboxylic acids is 1. The summed E-state index contributed by atoms with van der Waals surface area (Å²) in [5.74, 6) is -0.483. The summed E-state index contributed by atoms with van der Waals surface area (Å²) in [5, 5.41) is 2.06. The predicted octanol–water partition coefficient (Wildman–Crippen LogP) is 1.07. The monoisotopic (exact) mass is 233 g/mol. The second-order valence-corrected chi connectivity index (χ2v) is 5.58. The first-order valence-corrected chi connectivity index (χ1v) is 6.67. The van der Waals surface area contributed by atoms with Crippen LogP contribution in [0.4, 0.5) is 0 Å². The zero-order valence-corrected chi connectivity index (χ0v) is 9.40. The molecule has 0 aliphatic heterocycles. The second kappa shape index (κ2) is 4.23. The first kappa shape index (κ1) is 11.4. The van der Waals surface area contributed by atoms with Crippen molar-refractivity contribution in [3.8, 4) is 0 Å². The molecule has 1 amide bonds. The predicted molar refractivity (Wildman–Crippen MR) is 57.1 cm³/mol. The van der Waals surface area contributed by atoms with Crippen LogP contribution in [0.2, 0.25) is 0 Å². The Morgan fingerprint density at radius 2 is 2.21 bits per heavy atom. The van der Waals surface area contributed by atoms with E-state index in [1.165, 1.54) is 11.3 Å². The lowest BCUT2D eigenvalue weighted by molar-refractivity contribution is 0.0984. The van der Waals surface area contributed by atoms with Crippen molar-refractivity contribution in [1.82, 2.24) is 5.09 Å². The number of thiophene rings is 1. The molecule has 0 atom stereocenters. The number of rotatable bonds is 3. The van der Waals surface area contributed by atoms with Crippen LogP contribution in [0, 0.1) is 0 Å². The Kier molecular flexibility index (Phi) is 3.44. The van der Waals surface area contributed by atoms with Gasteiger partial charge in [-0.25, -0.2) is 0 Å². The Hall–Kier alpha value is -0.680. The molecule has 1 aromatic rings. The lowest BCUT2D eigenvalue weighted by atomic mass is 10.4. The average Bonchev–Trinajstić information content (AvgIpc) is 2.48. The van der Waals surface area contributed by atoms with E-state index in [1.807, 2.05) is 13.0 Å². The molecule has 0 saturated carbocycles. The van der Waals surface area contributed by atoms with Gasteiger partial charge >= 0.3 is 7.59 Å². The molecule has 0 aromatic carbocycles. The van der Waals surface area contributed by atoms with Crippen molar-refractivity contribution in [3.05, 3.63) is 21.9 Å². The molecular formula is C7H12N3O2PS. The minimum absolute atomic E-state index is 0.470. The highest BCUT2D eigenvalue weighted by atomic mass is 32.1. The Morgan fingerprint density at radius 1 is 1.57 bits per heavy atom. The van der Waals surface area contributed by atoms with Gasteiger partial charge in [0.1, 0.15) is 0 Å². The van der Waals surface area contributed by atoms with Crippen LogP contribution in [0.1, 0.15) is 21.5 Å². The molecule has 1 rings (SSSR count). The van der Waals surface area contributed by atoms with Crippen molar-refractivity contribution in [1.29, 1.82) is 0 Å². The number of aryl methyl sites for hydroxylation is 1. The fourth-order valence-electron chi connectivity index (χ4n) is 0.904. The topological polar surface area (TPSA) is 98.2 Å². The van der Waals surface area contributed by atoms with Gasteiger partial charge in [0.15, 0.2) is 0 Å². The maximum atomic E-state index is 11.4. The second-order valence-electron chi connectivity index (χ2n) is 2.77. The number of hydrogen-bond donors (Lipinski definition) is 3. The molecule has 0 aliphatic carbocycles. The van der Waals surface area contributed by atoms with Crippen molar-refractivity contribution < 1.29 is 9.36 Å². The molecule has 5 nitrogen and oxygen atoms in total. The van der Waals surface area contributed by atoms with Crippen LogP contribution in [-0.4, -0.2) is 5.91 Å². The van der Waals surface area contributed by atoms with Crippen LogP contribution in [0.5, 0.6) is 0 Å². The molecule has 0 spiro atoms. The number of nitrogens with two attached hydrogens (primary N) is 2. The Labute approximate surface area is 86.0 Å². The molecule has 0 bridgehead atoms. The fourth-order valence-corrected chi connectivity index (χ4v) is 2.26. The lowest BCUT2D eigenvalue weighted by Gasteiger charge is -2.06. The third-order valence-electron chi connectivity index (χ3n) is 1.51. The number of amides is 1. The van der Waals surface area contributed by atoms with Gasteiger partial charge in [0.2, 0.25) is 0 Å². The molecule has 0 fully saturated rings. The molecule has 5 N–H and O–H groups in total. The SMILES string of the molecule is CCc1ccc(C(=O)NP(N)(N)=O)s1. The van der Waals surface area contributed by atoms with Gasteiger partial charge in [0, 0.05) is 4.88 Å². The van der Waals surface area contributed by atoms with E-state index in [0.717, 1.165) is 11.3 Å². The van der Waals surface area contributed by atoms with Gasteiger partial charge in [0.25, 0.3) is 5.91 Å². The summed E-state index contributed by atoms with van der Waals surface area (Å²) in [4.78, 5) is 12.9. The fraction of sp³-hybridized carbons (Fsp3) is 0.286. The Bertz CT molecular complexity index is 384. The molecule has 14 heavy (non-hydrogen) atoms. The number of hydrogen-bond acceptors (Lipinski definition) is 3. The van der Waals surface area contributed by atoms with Crippen LogP contribution in [-0.2, 0) is 11.0 Å². The zero-order valence-electron chi connectivity index (χ0n) is 7.69. The maximum Gasteiger partial charge on any atom is 0.300 e. The van der Waals surface area contributed by atoms with Crippen molar-refractivity contribution in [2.24, 2.45) is 11.0 Å². The average molecular weight is 233 g/mol. The molecule has 0 saturated heterocycles. The van der Waals surface area contributed by atoms with E-state index >= 15 is 0 Å². The van der Waals surface area contributed by atoms with E-state index < -0.39 is 13.5 Å². The standard InChI is InChI=1S/C7H12N3O2PS/c1-2-5-3-4-6(14-5)7(11)10-13(8,9)12/h3-4H,2H2,1H3,(H5,8,9,10,11,12). The highest BCUT2D eigenvalue weighted by molar-refractivity contribution is 7.57. The summed E-state index contributed by atoms with van der Waals surface area (Å²) >= 11 is 1.34. The zero-order chi connectivity index (χ0) is 10.8. The smallest absolute Gasteiger partial charge is 0.279 e. The van der Waals surface area contributed by atoms with Crippen molar-refractivity contribution in [2.45, 2.75) is 13.3 Å². The highest BCUT2D eigenvalue weighted by Crippen LogP contribution is 2.22. The summed E-state index contributed by atoms with van der Waals surface area (Å²) in [6, 6.07) is 3.51. The number of carbonyl (C=O) groups is 1. The first-order valence-electron chi connectivity index (χ1n) is 4.01. The van der Waals surface area contributed by atoms with Crippen LogP contribution < -0.4 is 16.1 Å².